The van der Waals surface area contributed by atoms with E-state index in [4.69, 9.17) is 38.1 Å². The van der Waals surface area contributed by atoms with E-state index < -0.39 is 0 Å². The lowest BCUT2D eigenvalue weighted by molar-refractivity contribution is -0.0186. The van der Waals surface area contributed by atoms with Gasteiger partial charge in [-0.3, -0.25) is 9.80 Å². The van der Waals surface area contributed by atoms with Crippen molar-refractivity contribution in [1.82, 2.24) is 14.8 Å². The summed E-state index contributed by atoms with van der Waals surface area (Å²) in [6, 6.07) is 24.2. The molecule has 1 aromatic heterocycles. The van der Waals surface area contributed by atoms with Crippen LogP contribution in [0.5, 0.6) is 40.2 Å². The molecule has 0 bridgehead atoms. The van der Waals surface area contributed by atoms with E-state index >= 15 is 0 Å². The standard InChI is InChI=1S/C42H49N3O7S/c1-27(28(2)51-36-23-30(15-17-34(36)46-4)13-14-31-24-38(48-6)41(50-8)39(25-31)49-7)44-19-21-45(22-20-44)29(3)52-37-26-32(16-18-35(37)47-5)42-43-33-11-9-10-12-40(33)53-42/h9-18,23-29H,19-22H2,1-8H3. The fourth-order valence-electron chi connectivity index (χ4n) is 6.54. The number of piperazine rings is 1. The van der Waals surface area contributed by atoms with Crippen LogP contribution in [-0.2, 0) is 0 Å². The van der Waals surface area contributed by atoms with E-state index in [0.717, 1.165) is 58.1 Å². The summed E-state index contributed by atoms with van der Waals surface area (Å²) < 4.78 is 42.2. The first-order valence-corrected chi connectivity index (χ1v) is 18.6. The van der Waals surface area contributed by atoms with Gasteiger partial charge in [0, 0.05) is 37.8 Å². The summed E-state index contributed by atoms with van der Waals surface area (Å²) in [6.45, 7) is 9.94. The third kappa shape index (κ3) is 8.64. The Morgan fingerprint density at radius 3 is 1.83 bits per heavy atom. The second-order valence-electron chi connectivity index (χ2n) is 12.9. The lowest BCUT2D eigenvalue weighted by Gasteiger charge is -2.41. The number of methoxy groups -OCH3 is 5. The Morgan fingerprint density at radius 2 is 1.19 bits per heavy atom. The molecule has 53 heavy (non-hydrogen) atoms. The molecule has 1 fully saturated rings. The summed E-state index contributed by atoms with van der Waals surface area (Å²) in [7, 11) is 8.15. The Morgan fingerprint density at radius 1 is 0.604 bits per heavy atom. The van der Waals surface area contributed by atoms with Crippen LogP contribution in [0.4, 0.5) is 0 Å². The SMILES string of the molecule is COc1ccc(C=Cc2cc(OC)c(OC)c(OC)c2)cc1OC(C)C(C)N1CCN(C(C)Oc2cc(-c3nc4ccccc4s3)ccc2OC)CC1. The van der Waals surface area contributed by atoms with Gasteiger partial charge in [0.15, 0.2) is 34.5 Å². The van der Waals surface area contributed by atoms with Crippen LogP contribution in [0.1, 0.15) is 31.9 Å². The van der Waals surface area contributed by atoms with Crippen molar-refractivity contribution in [2.75, 3.05) is 61.7 Å². The van der Waals surface area contributed by atoms with E-state index in [-0.39, 0.29) is 18.4 Å². The van der Waals surface area contributed by atoms with Crippen molar-refractivity contribution in [2.45, 2.75) is 39.1 Å². The molecular formula is C42H49N3O7S. The van der Waals surface area contributed by atoms with Gasteiger partial charge in [-0.05, 0) is 86.5 Å². The van der Waals surface area contributed by atoms with Crippen LogP contribution >= 0.6 is 11.3 Å². The highest BCUT2D eigenvalue weighted by atomic mass is 32.1. The van der Waals surface area contributed by atoms with Crippen molar-refractivity contribution in [2.24, 2.45) is 0 Å². The second kappa shape index (κ2) is 17.2. The fraction of sp³-hybridized carbons (Fsp3) is 0.357. The van der Waals surface area contributed by atoms with Crippen molar-refractivity contribution in [3.63, 3.8) is 0 Å². The first-order chi connectivity index (χ1) is 25.7. The van der Waals surface area contributed by atoms with Gasteiger partial charge < -0.3 is 33.2 Å². The zero-order valence-corrected chi connectivity index (χ0v) is 32.6. The highest BCUT2D eigenvalue weighted by Gasteiger charge is 2.29. The average molecular weight is 740 g/mol. The molecule has 5 aromatic rings. The van der Waals surface area contributed by atoms with Gasteiger partial charge in [0.1, 0.15) is 17.3 Å². The Hall–Kier alpha value is -4.97. The van der Waals surface area contributed by atoms with Crippen molar-refractivity contribution in [3.05, 3.63) is 83.9 Å². The van der Waals surface area contributed by atoms with Gasteiger partial charge in [0.2, 0.25) is 5.75 Å². The van der Waals surface area contributed by atoms with Crippen LogP contribution < -0.4 is 33.2 Å². The van der Waals surface area contributed by atoms with Crippen LogP contribution in [0.25, 0.3) is 32.9 Å². The minimum absolute atomic E-state index is 0.0898. The summed E-state index contributed by atoms with van der Waals surface area (Å²) in [6.07, 6.45) is 3.80. The van der Waals surface area contributed by atoms with E-state index in [1.54, 1.807) is 46.9 Å². The monoisotopic (exact) mass is 739 g/mol. The van der Waals surface area contributed by atoms with Crippen molar-refractivity contribution >= 4 is 33.7 Å². The molecule has 1 aliphatic heterocycles. The van der Waals surface area contributed by atoms with E-state index in [9.17, 15) is 0 Å². The largest absolute Gasteiger partial charge is 0.493 e. The molecule has 0 saturated carbocycles. The third-order valence-corrected chi connectivity index (χ3v) is 10.9. The predicted molar refractivity (Wildman–Crippen MR) is 212 cm³/mol. The van der Waals surface area contributed by atoms with Crippen LogP contribution in [0, 0.1) is 0 Å². The fourth-order valence-corrected chi connectivity index (χ4v) is 7.50. The maximum absolute atomic E-state index is 6.58. The normalized spacial score (nSPS) is 15.5. The maximum atomic E-state index is 6.58. The molecule has 0 amide bonds. The molecule has 10 nitrogen and oxygen atoms in total. The zero-order valence-electron chi connectivity index (χ0n) is 31.8. The minimum atomic E-state index is -0.138. The second-order valence-corrected chi connectivity index (χ2v) is 13.9. The maximum Gasteiger partial charge on any atom is 0.203 e. The predicted octanol–water partition coefficient (Wildman–Crippen LogP) is 8.38. The van der Waals surface area contributed by atoms with Crippen LogP contribution in [0.3, 0.4) is 0 Å². The van der Waals surface area contributed by atoms with Gasteiger partial charge in [0.05, 0.1) is 45.8 Å². The number of hydrogen-bond donors (Lipinski definition) is 0. The Kier molecular flexibility index (Phi) is 12.3. The molecule has 4 aromatic carbocycles. The quantitative estimate of drug-likeness (QED) is 0.0977. The molecule has 11 heteroatoms. The van der Waals surface area contributed by atoms with Crippen LogP contribution in [-0.4, -0.2) is 94.9 Å². The Labute approximate surface area is 316 Å². The van der Waals surface area contributed by atoms with E-state index in [2.05, 4.69) is 36.6 Å². The Bertz CT molecular complexity index is 1970. The summed E-state index contributed by atoms with van der Waals surface area (Å²) in [5, 5.41) is 0.960. The van der Waals surface area contributed by atoms with Crippen LogP contribution in [0.2, 0.25) is 0 Å². The minimum Gasteiger partial charge on any atom is -0.493 e. The average Bonchev–Trinajstić information content (AvgIpc) is 3.64. The van der Waals surface area contributed by atoms with Gasteiger partial charge in [-0.2, -0.15) is 0 Å². The molecule has 0 radical (unpaired) electrons. The number of ether oxygens (including phenoxy) is 7. The zero-order chi connectivity index (χ0) is 37.5. The number of hydrogen-bond acceptors (Lipinski definition) is 11. The molecule has 1 aliphatic rings. The number of aromatic nitrogens is 1. The van der Waals surface area contributed by atoms with Crippen LogP contribution in [0.15, 0.2) is 72.8 Å². The number of para-hydroxylation sites is 1. The van der Waals surface area contributed by atoms with Gasteiger partial charge in [-0.25, -0.2) is 4.98 Å². The lowest BCUT2D eigenvalue weighted by atomic mass is 10.1. The molecule has 2 heterocycles. The van der Waals surface area contributed by atoms with Crippen molar-refractivity contribution in [1.29, 1.82) is 0 Å². The molecule has 0 N–H and O–H groups in total. The van der Waals surface area contributed by atoms with E-state index in [0.29, 0.717) is 40.2 Å². The highest BCUT2D eigenvalue weighted by molar-refractivity contribution is 7.21. The first kappa shape index (κ1) is 37.8. The van der Waals surface area contributed by atoms with Crippen molar-refractivity contribution < 1.29 is 33.2 Å². The highest BCUT2D eigenvalue weighted by Crippen LogP contribution is 2.39. The summed E-state index contributed by atoms with van der Waals surface area (Å²) in [5.41, 5.74) is 3.90. The molecule has 0 aliphatic carbocycles. The summed E-state index contributed by atoms with van der Waals surface area (Å²) in [5.74, 6) is 4.56. The van der Waals surface area contributed by atoms with Gasteiger partial charge in [-0.15, -0.1) is 11.3 Å². The summed E-state index contributed by atoms with van der Waals surface area (Å²) in [4.78, 5) is 9.68. The molecule has 0 spiro atoms. The van der Waals surface area contributed by atoms with Crippen molar-refractivity contribution in [3.8, 4) is 50.8 Å². The third-order valence-electron chi connectivity index (χ3n) is 9.78. The summed E-state index contributed by atoms with van der Waals surface area (Å²) >= 11 is 1.68. The first-order valence-electron chi connectivity index (χ1n) is 17.8. The Balaban J connectivity index is 1.07. The molecular weight excluding hydrogens is 691 g/mol. The van der Waals surface area contributed by atoms with E-state index in [1.165, 1.54) is 0 Å². The van der Waals surface area contributed by atoms with Gasteiger partial charge >= 0.3 is 0 Å². The number of benzene rings is 4. The molecule has 6 rings (SSSR count). The number of nitrogens with zero attached hydrogens (tertiary/aromatic N) is 3. The molecule has 280 valence electrons. The molecule has 3 unspecified atom stereocenters. The number of rotatable bonds is 15. The molecule has 1 saturated heterocycles. The van der Waals surface area contributed by atoms with Gasteiger partial charge in [-0.1, -0.05) is 30.4 Å². The number of thiazole rings is 1. The topological polar surface area (TPSA) is 84.0 Å². The van der Waals surface area contributed by atoms with E-state index in [1.807, 2.05) is 78.9 Å². The van der Waals surface area contributed by atoms with Gasteiger partial charge in [0.25, 0.3) is 0 Å². The lowest BCUT2D eigenvalue weighted by Crippen LogP contribution is -2.55. The smallest absolute Gasteiger partial charge is 0.203 e. The molecule has 3 atom stereocenters. The number of fused-ring (bicyclic) bond motifs is 1.